The molecule has 0 bridgehead atoms. The topological polar surface area (TPSA) is 58.2 Å². The highest BCUT2D eigenvalue weighted by atomic mass is 16.2. The maximum absolute atomic E-state index is 11.8. The molecule has 0 saturated carbocycles. The Hall–Kier alpha value is -1.32. The highest BCUT2D eigenvalue weighted by Gasteiger charge is 2.17. The minimum atomic E-state index is -0.0670. The number of amides is 2. The van der Waals surface area contributed by atoms with E-state index in [1.165, 1.54) is 38.5 Å². The van der Waals surface area contributed by atoms with Crippen LogP contribution in [0, 0.1) is 0 Å². The quantitative estimate of drug-likeness (QED) is 0.479. The van der Waals surface area contributed by atoms with E-state index in [9.17, 15) is 9.59 Å². The third kappa shape index (κ3) is 9.59. The summed E-state index contributed by atoms with van der Waals surface area (Å²) in [6.07, 6.45) is 15.8. The van der Waals surface area contributed by atoms with E-state index in [0.717, 1.165) is 32.2 Å². The average molecular weight is 308 g/mol. The van der Waals surface area contributed by atoms with Gasteiger partial charge >= 0.3 is 0 Å². The van der Waals surface area contributed by atoms with Crippen molar-refractivity contribution < 1.29 is 9.59 Å². The Morgan fingerprint density at radius 1 is 1.23 bits per heavy atom. The molecule has 0 aromatic rings. The van der Waals surface area contributed by atoms with Crippen LogP contribution in [0.15, 0.2) is 12.2 Å². The standard InChI is InChI=1S/C18H32N2O2/c1-2-3-4-5-6-7-8-9-10-13-17(21)20-16-12-11-14-19-18(22)15-16/h10,13,16H,2-9,11-12,14-15H2,1H3,(H,19,22)(H,20,21)/b13-10+/t16-/m0/s1. The van der Waals surface area contributed by atoms with Crippen LogP contribution >= 0.6 is 0 Å². The zero-order valence-corrected chi connectivity index (χ0v) is 14.0. The molecule has 1 saturated heterocycles. The van der Waals surface area contributed by atoms with Crippen molar-refractivity contribution in [1.29, 1.82) is 0 Å². The molecule has 22 heavy (non-hydrogen) atoms. The first-order chi connectivity index (χ1) is 10.7. The Kier molecular flexibility index (Phi) is 10.4. The van der Waals surface area contributed by atoms with E-state index in [1.54, 1.807) is 6.08 Å². The van der Waals surface area contributed by atoms with E-state index in [4.69, 9.17) is 0 Å². The third-order valence-corrected chi connectivity index (χ3v) is 4.07. The SMILES string of the molecule is CCCCCCCCC/C=C/C(=O)N[C@H]1CCCNC(=O)C1. The smallest absolute Gasteiger partial charge is 0.243 e. The average Bonchev–Trinajstić information content (AvgIpc) is 2.69. The van der Waals surface area contributed by atoms with E-state index in [0.29, 0.717) is 6.42 Å². The van der Waals surface area contributed by atoms with Crippen LogP contribution in [0.25, 0.3) is 0 Å². The molecular weight excluding hydrogens is 276 g/mol. The van der Waals surface area contributed by atoms with Gasteiger partial charge in [-0.15, -0.1) is 0 Å². The van der Waals surface area contributed by atoms with Gasteiger partial charge in [0.15, 0.2) is 0 Å². The summed E-state index contributed by atoms with van der Waals surface area (Å²) in [4.78, 5) is 23.2. The summed E-state index contributed by atoms with van der Waals surface area (Å²) in [5.41, 5.74) is 0. The Labute approximate surface area is 135 Å². The first-order valence-corrected chi connectivity index (χ1v) is 8.96. The van der Waals surface area contributed by atoms with Crippen molar-refractivity contribution in [2.45, 2.75) is 83.6 Å². The Morgan fingerprint density at radius 2 is 1.95 bits per heavy atom. The van der Waals surface area contributed by atoms with Crippen LogP contribution in [0.1, 0.15) is 77.6 Å². The van der Waals surface area contributed by atoms with Crippen molar-refractivity contribution in [3.05, 3.63) is 12.2 Å². The Bertz CT molecular complexity index is 353. The zero-order valence-electron chi connectivity index (χ0n) is 14.0. The lowest BCUT2D eigenvalue weighted by atomic mass is 10.1. The van der Waals surface area contributed by atoms with Crippen molar-refractivity contribution in [1.82, 2.24) is 10.6 Å². The number of hydrogen-bond acceptors (Lipinski definition) is 2. The normalized spacial score (nSPS) is 19.0. The van der Waals surface area contributed by atoms with Crippen molar-refractivity contribution in [3.63, 3.8) is 0 Å². The molecule has 1 atom stereocenters. The van der Waals surface area contributed by atoms with Gasteiger partial charge in [0.25, 0.3) is 0 Å². The molecule has 0 spiro atoms. The maximum atomic E-state index is 11.8. The number of nitrogens with one attached hydrogen (secondary N) is 2. The fourth-order valence-corrected chi connectivity index (χ4v) is 2.76. The summed E-state index contributed by atoms with van der Waals surface area (Å²) in [7, 11) is 0. The number of rotatable bonds is 10. The minimum Gasteiger partial charge on any atom is -0.356 e. The molecule has 0 unspecified atom stereocenters. The van der Waals surface area contributed by atoms with Crippen LogP contribution in [-0.2, 0) is 9.59 Å². The molecule has 4 heteroatoms. The monoisotopic (exact) mass is 308 g/mol. The Morgan fingerprint density at radius 3 is 2.73 bits per heavy atom. The molecule has 0 radical (unpaired) electrons. The minimum absolute atomic E-state index is 0.0155. The van der Waals surface area contributed by atoms with Gasteiger partial charge < -0.3 is 10.6 Å². The lowest BCUT2D eigenvalue weighted by molar-refractivity contribution is -0.121. The van der Waals surface area contributed by atoms with Gasteiger partial charge in [-0.1, -0.05) is 51.5 Å². The first-order valence-electron chi connectivity index (χ1n) is 8.96. The van der Waals surface area contributed by atoms with Crippen molar-refractivity contribution in [2.75, 3.05) is 6.54 Å². The molecule has 1 rings (SSSR count). The lowest BCUT2D eigenvalue weighted by Gasteiger charge is -2.13. The molecule has 2 amide bonds. The molecule has 0 aromatic carbocycles. The van der Waals surface area contributed by atoms with Crippen LogP contribution in [0.3, 0.4) is 0 Å². The number of allylic oxidation sites excluding steroid dienone is 1. The second-order valence-electron chi connectivity index (χ2n) is 6.21. The van der Waals surface area contributed by atoms with Gasteiger partial charge in [0.05, 0.1) is 0 Å². The fraction of sp³-hybridized carbons (Fsp3) is 0.778. The van der Waals surface area contributed by atoms with Gasteiger partial charge in [-0.05, 0) is 31.8 Å². The summed E-state index contributed by atoms with van der Waals surface area (Å²) < 4.78 is 0. The summed E-state index contributed by atoms with van der Waals surface area (Å²) in [6.45, 7) is 2.95. The van der Waals surface area contributed by atoms with Crippen LogP contribution in [0.2, 0.25) is 0 Å². The summed E-state index contributed by atoms with van der Waals surface area (Å²) >= 11 is 0. The summed E-state index contributed by atoms with van der Waals surface area (Å²) in [5, 5.41) is 5.75. The van der Waals surface area contributed by atoms with Gasteiger partial charge in [-0.2, -0.15) is 0 Å². The molecule has 126 valence electrons. The second-order valence-corrected chi connectivity index (χ2v) is 6.21. The van der Waals surface area contributed by atoms with E-state index < -0.39 is 0 Å². The number of unbranched alkanes of at least 4 members (excludes halogenated alkanes) is 7. The molecule has 1 aliphatic rings. The fourth-order valence-electron chi connectivity index (χ4n) is 2.76. The zero-order chi connectivity index (χ0) is 16.0. The highest BCUT2D eigenvalue weighted by Crippen LogP contribution is 2.09. The molecular formula is C18H32N2O2. The first kappa shape index (κ1) is 18.7. The van der Waals surface area contributed by atoms with E-state index >= 15 is 0 Å². The van der Waals surface area contributed by atoms with Crippen LogP contribution < -0.4 is 10.6 Å². The van der Waals surface area contributed by atoms with Crippen molar-refractivity contribution >= 4 is 11.8 Å². The van der Waals surface area contributed by atoms with Crippen molar-refractivity contribution in [3.8, 4) is 0 Å². The molecule has 2 N–H and O–H groups in total. The van der Waals surface area contributed by atoms with Crippen LogP contribution in [0.4, 0.5) is 0 Å². The molecule has 1 heterocycles. The Balaban J connectivity index is 2.05. The lowest BCUT2D eigenvalue weighted by Crippen LogP contribution is -2.35. The molecule has 0 aromatic heterocycles. The van der Waals surface area contributed by atoms with E-state index in [-0.39, 0.29) is 17.9 Å². The van der Waals surface area contributed by atoms with Gasteiger partial charge in [0, 0.05) is 19.0 Å². The summed E-state index contributed by atoms with van der Waals surface area (Å²) in [5.74, 6) is -0.0301. The van der Waals surface area contributed by atoms with Gasteiger partial charge in [-0.25, -0.2) is 0 Å². The number of hydrogen-bond donors (Lipinski definition) is 2. The summed E-state index contributed by atoms with van der Waals surface area (Å²) in [6, 6.07) is -0.0155. The van der Waals surface area contributed by atoms with Crippen molar-refractivity contribution in [2.24, 2.45) is 0 Å². The van der Waals surface area contributed by atoms with Gasteiger partial charge in [0.1, 0.15) is 0 Å². The van der Waals surface area contributed by atoms with E-state index in [1.807, 2.05) is 6.08 Å². The second kappa shape index (κ2) is 12.2. The van der Waals surface area contributed by atoms with Crippen LogP contribution in [-0.4, -0.2) is 24.4 Å². The van der Waals surface area contributed by atoms with Gasteiger partial charge in [0.2, 0.25) is 11.8 Å². The number of carbonyl (C=O) groups is 2. The van der Waals surface area contributed by atoms with Crippen LogP contribution in [0.5, 0.6) is 0 Å². The molecule has 0 aliphatic carbocycles. The maximum Gasteiger partial charge on any atom is 0.243 e. The largest absolute Gasteiger partial charge is 0.356 e. The predicted molar refractivity (Wildman–Crippen MR) is 90.5 cm³/mol. The highest BCUT2D eigenvalue weighted by molar-refractivity contribution is 5.88. The van der Waals surface area contributed by atoms with E-state index in [2.05, 4.69) is 17.6 Å². The molecule has 4 nitrogen and oxygen atoms in total. The molecule has 1 fully saturated rings. The molecule has 1 aliphatic heterocycles. The van der Waals surface area contributed by atoms with Gasteiger partial charge in [-0.3, -0.25) is 9.59 Å². The number of carbonyl (C=O) groups excluding carboxylic acids is 2. The third-order valence-electron chi connectivity index (χ3n) is 4.07. The predicted octanol–water partition coefficient (Wildman–Crippen LogP) is 3.47.